The molecule has 1 aromatic rings. The number of ether oxygens (including phenoxy) is 1. The first-order valence-corrected chi connectivity index (χ1v) is 8.40. The second kappa shape index (κ2) is 6.55. The summed E-state index contributed by atoms with van der Waals surface area (Å²) in [5.74, 6) is 0.659. The second-order valence-corrected chi connectivity index (χ2v) is 7.04. The topological polar surface area (TPSA) is 24.5 Å². The molecule has 0 radical (unpaired) electrons. The molecule has 0 saturated carbocycles. The van der Waals surface area contributed by atoms with E-state index in [2.05, 4.69) is 30.1 Å². The van der Waals surface area contributed by atoms with Crippen molar-refractivity contribution in [1.82, 2.24) is 5.32 Å². The first kappa shape index (κ1) is 15.1. The van der Waals surface area contributed by atoms with Crippen molar-refractivity contribution >= 4 is 17.3 Å². The molecule has 2 aliphatic heterocycles. The molecule has 116 valence electrons. The van der Waals surface area contributed by atoms with Crippen LogP contribution in [0.1, 0.15) is 32.3 Å². The maximum Gasteiger partial charge on any atom is 0.0755 e. The largest absolute Gasteiger partial charge is 0.371 e. The second-order valence-electron chi connectivity index (χ2n) is 6.63. The van der Waals surface area contributed by atoms with E-state index >= 15 is 0 Å². The Balaban J connectivity index is 1.76. The van der Waals surface area contributed by atoms with Crippen LogP contribution in [-0.4, -0.2) is 31.8 Å². The smallest absolute Gasteiger partial charge is 0.0755 e. The standard InChI is InChI=1S/C17H25ClN2O/c1-12(2)8-19-9-13-4-3-5-16(18)17(13)20-10-14-6-7-15(11-20)21-14/h3-5,12,14-15,19H,6-11H2,1-2H3. The Morgan fingerprint density at radius 1 is 1.29 bits per heavy atom. The van der Waals surface area contributed by atoms with E-state index in [0.29, 0.717) is 18.1 Å². The van der Waals surface area contributed by atoms with Crippen molar-refractivity contribution < 1.29 is 4.74 Å². The van der Waals surface area contributed by atoms with Crippen LogP contribution in [0, 0.1) is 5.92 Å². The Morgan fingerprint density at radius 3 is 2.67 bits per heavy atom. The number of rotatable bonds is 5. The first-order valence-electron chi connectivity index (χ1n) is 8.02. The molecular weight excluding hydrogens is 284 g/mol. The van der Waals surface area contributed by atoms with Gasteiger partial charge in [-0.3, -0.25) is 0 Å². The molecular formula is C17H25ClN2O. The molecule has 1 aromatic carbocycles. The molecule has 2 unspecified atom stereocenters. The van der Waals surface area contributed by atoms with Gasteiger partial charge in [0.2, 0.25) is 0 Å². The third-order valence-corrected chi connectivity index (χ3v) is 4.60. The van der Waals surface area contributed by atoms with E-state index in [1.54, 1.807) is 0 Å². The number of benzene rings is 1. The molecule has 0 spiro atoms. The molecule has 2 aliphatic rings. The Labute approximate surface area is 132 Å². The first-order chi connectivity index (χ1) is 10.1. The van der Waals surface area contributed by atoms with Gasteiger partial charge in [-0.1, -0.05) is 37.6 Å². The van der Waals surface area contributed by atoms with Gasteiger partial charge in [-0.25, -0.2) is 0 Å². The molecule has 21 heavy (non-hydrogen) atoms. The van der Waals surface area contributed by atoms with Crippen LogP contribution >= 0.6 is 11.6 Å². The zero-order valence-corrected chi connectivity index (χ0v) is 13.7. The maximum atomic E-state index is 6.51. The van der Waals surface area contributed by atoms with Crippen LogP contribution in [0.5, 0.6) is 0 Å². The lowest BCUT2D eigenvalue weighted by Gasteiger charge is -2.35. The summed E-state index contributed by atoms with van der Waals surface area (Å²) in [6.07, 6.45) is 3.15. The van der Waals surface area contributed by atoms with Crippen LogP contribution in [0.3, 0.4) is 0 Å². The zero-order chi connectivity index (χ0) is 14.8. The van der Waals surface area contributed by atoms with Crippen molar-refractivity contribution in [2.75, 3.05) is 24.5 Å². The highest BCUT2D eigenvalue weighted by Crippen LogP contribution is 2.35. The summed E-state index contributed by atoms with van der Waals surface area (Å²) >= 11 is 6.51. The predicted molar refractivity (Wildman–Crippen MR) is 88.1 cm³/mol. The lowest BCUT2D eigenvalue weighted by Crippen LogP contribution is -2.43. The van der Waals surface area contributed by atoms with E-state index < -0.39 is 0 Å². The molecule has 3 nitrogen and oxygen atoms in total. The molecule has 4 heteroatoms. The van der Waals surface area contributed by atoms with Gasteiger partial charge in [-0.15, -0.1) is 0 Å². The van der Waals surface area contributed by atoms with Gasteiger partial charge in [0, 0.05) is 19.6 Å². The number of nitrogens with zero attached hydrogens (tertiary/aromatic N) is 1. The third-order valence-electron chi connectivity index (χ3n) is 4.30. The monoisotopic (exact) mass is 308 g/mol. The number of anilines is 1. The molecule has 2 saturated heterocycles. The van der Waals surface area contributed by atoms with E-state index in [1.165, 1.54) is 24.1 Å². The molecule has 2 atom stereocenters. The van der Waals surface area contributed by atoms with Gasteiger partial charge in [0.1, 0.15) is 0 Å². The summed E-state index contributed by atoms with van der Waals surface area (Å²) in [4.78, 5) is 2.43. The van der Waals surface area contributed by atoms with E-state index in [9.17, 15) is 0 Å². The molecule has 2 bridgehead atoms. The highest BCUT2D eigenvalue weighted by Gasteiger charge is 2.34. The van der Waals surface area contributed by atoms with Crippen LogP contribution in [0.15, 0.2) is 18.2 Å². The van der Waals surface area contributed by atoms with Crippen molar-refractivity contribution in [1.29, 1.82) is 0 Å². The maximum absolute atomic E-state index is 6.51. The number of halogens is 1. The van der Waals surface area contributed by atoms with Crippen molar-refractivity contribution in [3.63, 3.8) is 0 Å². The quantitative estimate of drug-likeness (QED) is 0.901. The summed E-state index contributed by atoms with van der Waals surface area (Å²) in [7, 11) is 0. The number of fused-ring (bicyclic) bond motifs is 2. The fourth-order valence-electron chi connectivity index (χ4n) is 3.35. The Hall–Kier alpha value is -0.770. The van der Waals surface area contributed by atoms with Crippen LogP contribution in [0.25, 0.3) is 0 Å². The summed E-state index contributed by atoms with van der Waals surface area (Å²) < 4.78 is 5.94. The fraction of sp³-hybridized carbons (Fsp3) is 0.647. The van der Waals surface area contributed by atoms with E-state index in [0.717, 1.165) is 31.2 Å². The SMILES string of the molecule is CC(C)CNCc1cccc(Cl)c1N1CC2CCC(C1)O2. The van der Waals surface area contributed by atoms with Crippen molar-refractivity contribution in [2.45, 2.75) is 45.4 Å². The normalized spacial score (nSPS) is 24.9. The highest BCUT2D eigenvalue weighted by atomic mass is 35.5. The fourth-order valence-corrected chi connectivity index (χ4v) is 3.66. The minimum absolute atomic E-state index is 0.386. The zero-order valence-electron chi connectivity index (χ0n) is 12.9. The molecule has 2 heterocycles. The Morgan fingerprint density at radius 2 is 2.00 bits per heavy atom. The minimum atomic E-state index is 0.386. The summed E-state index contributed by atoms with van der Waals surface area (Å²) in [5.41, 5.74) is 2.50. The van der Waals surface area contributed by atoms with Crippen molar-refractivity contribution in [2.24, 2.45) is 5.92 Å². The number of morpholine rings is 1. The number of nitrogens with one attached hydrogen (secondary N) is 1. The molecule has 2 fully saturated rings. The lowest BCUT2D eigenvalue weighted by atomic mass is 10.1. The van der Waals surface area contributed by atoms with Crippen LogP contribution in [0.4, 0.5) is 5.69 Å². The average molecular weight is 309 g/mol. The van der Waals surface area contributed by atoms with Gasteiger partial charge < -0.3 is 15.0 Å². The average Bonchev–Trinajstić information content (AvgIpc) is 2.77. The summed E-state index contributed by atoms with van der Waals surface area (Å²) in [6.45, 7) is 8.30. The number of para-hydroxylation sites is 1. The molecule has 3 rings (SSSR count). The van der Waals surface area contributed by atoms with Gasteiger partial charge in [0.25, 0.3) is 0 Å². The molecule has 0 aliphatic carbocycles. The molecule has 0 aromatic heterocycles. The lowest BCUT2D eigenvalue weighted by molar-refractivity contribution is 0.0304. The number of hydrogen-bond acceptors (Lipinski definition) is 3. The Bertz CT molecular complexity index is 480. The van der Waals surface area contributed by atoms with E-state index in [-0.39, 0.29) is 0 Å². The molecule has 0 amide bonds. The molecule has 1 N–H and O–H groups in total. The number of hydrogen-bond donors (Lipinski definition) is 1. The van der Waals surface area contributed by atoms with Crippen molar-refractivity contribution in [3.8, 4) is 0 Å². The van der Waals surface area contributed by atoms with Gasteiger partial charge in [0.05, 0.1) is 22.9 Å². The van der Waals surface area contributed by atoms with Gasteiger partial charge in [-0.2, -0.15) is 0 Å². The van der Waals surface area contributed by atoms with E-state index in [1.807, 2.05) is 12.1 Å². The summed E-state index contributed by atoms with van der Waals surface area (Å²) in [5, 5.41) is 4.39. The Kier molecular flexibility index (Phi) is 4.72. The predicted octanol–water partition coefficient (Wildman–Crippen LogP) is 3.45. The minimum Gasteiger partial charge on any atom is -0.371 e. The van der Waals surface area contributed by atoms with Gasteiger partial charge in [0.15, 0.2) is 0 Å². The summed E-state index contributed by atoms with van der Waals surface area (Å²) in [6, 6.07) is 6.24. The van der Waals surface area contributed by atoms with Crippen LogP contribution in [-0.2, 0) is 11.3 Å². The van der Waals surface area contributed by atoms with Gasteiger partial charge in [-0.05, 0) is 36.9 Å². The van der Waals surface area contributed by atoms with Crippen LogP contribution in [0.2, 0.25) is 5.02 Å². The van der Waals surface area contributed by atoms with E-state index in [4.69, 9.17) is 16.3 Å². The third kappa shape index (κ3) is 3.53. The van der Waals surface area contributed by atoms with Crippen molar-refractivity contribution in [3.05, 3.63) is 28.8 Å². The van der Waals surface area contributed by atoms with Crippen LogP contribution < -0.4 is 10.2 Å². The van der Waals surface area contributed by atoms with Gasteiger partial charge >= 0.3 is 0 Å². The highest BCUT2D eigenvalue weighted by molar-refractivity contribution is 6.33.